The highest BCUT2D eigenvalue weighted by Crippen LogP contribution is 2.53. The number of amides is 1. The number of carbonyl (C=O) groups is 1. The first-order valence-electron chi connectivity index (χ1n) is 4.50. The quantitative estimate of drug-likeness (QED) is 0.539. The van der Waals surface area contributed by atoms with E-state index in [4.69, 9.17) is 0 Å². The molecule has 4 heteroatoms. The fourth-order valence-electron chi connectivity index (χ4n) is 2.34. The molecule has 2 nitrogen and oxygen atoms in total. The molecule has 1 heterocycles. The SMILES string of the molecule is C[C@@]12C[C@H](Br)[C@@H](Br)C[C@]1(C)NC2=O. The molecule has 2 fully saturated rings. The van der Waals surface area contributed by atoms with Crippen LogP contribution in [0.15, 0.2) is 0 Å². The summed E-state index contributed by atoms with van der Waals surface area (Å²) >= 11 is 7.25. The molecule has 1 aliphatic carbocycles. The van der Waals surface area contributed by atoms with Gasteiger partial charge in [-0.1, -0.05) is 31.9 Å². The van der Waals surface area contributed by atoms with Gasteiger partial charge in [-0.2, -0.15) is 0 Å². The first kappa shape index (κ1) is 9.97. The minimum atomic E-state index is -0.161. The lowest BCUT2D eigenvalue weighted by Gasteiger charge is -2.60. The fraction of sp³-hybridized carbons (Fsp3) is 0.889. The topological polar surface area (TPSA) is 29.1 Å². The zero-order chi connectivity index (χ0) is 9.85. The monoisotopic (exact) mass is 309 g/mol. The molecule has 1 saturated heterocycles. The maximum absolute atomic E-state index is 11.5. The molecule has 1 aliphatic heterocycles. The van der Waals surface area contributed by atoms with Gasteiger partial charge in [-0.15, -0.1) is 0 Å². The predicted octanol–water partition coefficient (Wildman–Crippen LogP) is 2.20. The highest BCUT2D eigenvalue weighted by atomic mass is 79.9. The molecule has 0 aromatic carbocycles. The van der Waals surface area contributed by atoms with Crippen LogP contribution in [0.5, 0.6) is 0 Å². The van der Waals surface area contributed by atoms with Crippen molar-refractivity contribution in [3.05, 3.63) is 0 Å². The Kier molecular flexibility index (Phi) is 2.09. The maximum atomic E-state index is 11.5. The summed E-state index contributed by atoms with van der Waals surface area (Å²) in [6.07, 6.45) is 1.93. The Labute approximate surface area is 95.1 Å². The van der Waals surface area contributed by atoms with E-state index in [0.717, 1.165) is 12.8 Å². The lowest BCUT2D eigenvalue weighted by atomic mass is 9.56. The van der Waals surface area contributed by atoms with Crippen LogP contribution < -0.4 is 5.32 Å². The Hall–Kier alpha value is 0.430. The van der Waals surface area contributed by atoms with Crippen LogP contribution in [-0.2, 0) is 4.79 Å². The summed E-state index contributed by atoms with van der Waals surface area (Å²) in [7, 11) is 0. The van der Waals surface area contributed by atoms with E-state index in [1.165, 1.54) is 0 Å². The van der Waals surface area contributed by atoms with Gasteiger partial charge in [0.1, 0.15) is 0 Å². The van der Waals surface area contributed by atoms with Crippen LogP contribution in [0.2, 0.25) is 0 Å². The highest BCUT2D eigenvalue weighted by molar-refractivity contribution is 9.12. The molecule has 0 aromatic rings. The van der Waals surface area contributed by atoms with Gasteiger partial charge in [-0.25, -0.2) is 0 Å². The van der Waals surface area contributed by atoms with Crippen LogP contribution in [0, 0.1) is 5.41 Å². The van der Waals surface area contributed by atoms with E-state index in [9.17, 15) is 4.79 Å². The number of nitrogens with one attached hydrogen (secondary N) is 1. The van der Waals surface area contributed by atoms with Crippen molar-refractivity contribution in [3.8, 4) is 0 Å². The molecule has 2 aliphatic rings. The predicted molar refractivity (Wildman–Crippen MR) is 59.3 cm³/mol. The molecule has 0 spiro atoms. The molecule has 0 radical (unpaired) electrons. The van der Waals surface area contributed by atoms with Gasteiger partial charge in [-0.05, 0) is 26.7 Å². The molecule has 2 rings (SSSR count). The first-order chi connectivity index (χ1) is 5.89. The number of hydrogen-bond acceptors (Lipinski definition) is 1. The third-order valence-corrected chi connectivity index (χ3v) is 6.34. The summed E-state index contributed by atoms with van der Waals surface area (Å²) in [5.74, 6) is 0.207. The van der Waals surface area contributed by atoms with E-state index in [1.54, 1.807) is 0 Å². The van der Waals surface area contributed by atoms with Gasteiger partial charge in [0.05, 0.1) is 11.0 Å². The van der Waals surface area contributed by atoms with E-state index in [2.05, 4.69) is 51.0 Å². The Morgan fingerprint density at radius 2 is 1.85 bits per heavy atom. The summed E-state index contributed by atoms with van der Waals surface area (Å²) < 4.78 is 0. The first-order valence-corrected chi connectivity index (χ1v) is 6.33. The Morgan fingerprint density at radius 1 is 1.31 bits per heavy atom. The van der Waals surface area contributed by atoms with Crippen molar-refractivity contribution in [2.45, 2.75) is 41.9 Å². The van der Waals surface area contributed by atoms with E-state index in [-0.39, 0.29) is 16.9 Å². The molecule has 74 valence electrons. The largest absolute Gasteiger partial charge is 0.349 e. The van der Waals surface area contributed by atoms with Crippen LogP contribution in [0.25, 0.3) is 0 Å². The number of halogens is 2. The lowest BCUT2D eigenvalue weighted by Crippen LogP contribution is -2.77. The molecule has 1 N–H and O–H groups in total. The summed E-state index contributed by atoms with van der Waals surface area (Å²) in [6.45, 7) is 4.21. The van der Waals surface area contributed by atoms with Crippen molar-refractivity contribution in [2.24, 2.45) is 5.41 Å². The second kappa shape index (κ2) is 2.72. The second-order valence-corrected chi connectivity index (χ2v) is 6.91. The molecule has 13 heavy (non-hydrogen) atoms. The smallest absolute Gasteiger partial charge is 0.228 e. The van der Waals surface area contributed by atoms with E-state index in [1.807, 2.05) is 0 Å². The molecular weight excluding hydrogens is 298 g/mol. The van der Waals surface area contributed by atoms with Crippen molar-refractivity contribution >= 4 is 37.8 Å². The summed E-state index contributed by atoms with van der Waals surface area (Å²) in [6, 6.07) is 0. The Balaban J connectivity index is 2.27. The molecule has 0 unspecified atom stereocenters. The zero-order valence-corrected chi connectivity index (χ0v) is 10.9. The minimum Gasteiger partial charge on any atom is -0.349 e. The van der Waals surface area contributed by atoms with Gasteiger partial charge >= 0.3 is 0 Å². The average molecular weight is 311 g/mol. The number of fused-ring (bicyclic) bond motifs is 1. The van der Waals surface area contributed by atoms with Crippen molar-refractivity contribution in [3.63, 3.8) is 0 Å². The van der Waals surface area contributed by atoms with E-state index < -0.39 is 0 Å². The lowest BCUT2D eigenvalue weighted by molar-refractivity contribution is -0.157. The van der Waals surface area contributed by atoms with Crippen molar-refractivity contribution in [1.29, 1.82) is 0 Å². The van der Waals surface area contributed by atoms with Crippen LogP contribution in [0.1, 0.15) is 26.7 Å². The third-order valence-electron chi connectivity index (χ3n) is 3.71. The number of rotatable bonds is 0. The van der Waals surface area contributed by atoms with Crippen LogP contribution in [0.3, 0.4) is 0 Å². The average Bonchev–Trinajstić information content (AvgIpc) is 2.01. The number of β-lactam (4-membered cyclic amide) rings is 1. The molecule has 0 bridgehead atoms. The fourth-order valence-corrected chi connectivity index (χ4v) is 4.01. The third kappa shape index (κ3) is 1.14. The van der Waals surface area contributed by atoms with Gasteiger partial charge in [0.25, 0.3) is 0 Å². The summed E-state index contributed by atoms with van der Waals surface area (Å²) in [5, 5.41) is 3.02. The van der Waals surface area contributed by atoms with Crippen molar-refractivity contribution in [2.75, 3.05) is 0 Å². The van der Waals surface area contributed by atoms with Gasteiger partial charge in [-0.3, -0.25) is 4.79 Å². The molecule has 0 aromatic heterocycles. The second-order valence-electron chi connectivity index (χ2n) is 4.56. The standard InChI is InChI=1S/C9H13Br2NO/c1-8-3-5(10)6(11)4-9(8,2)12-7(8)13/h5-6H,3-4H2,1-2H3,(H,12,13)/t5-,6-,8-,9-/m0/s1. The molecule has 4 atom stereocenters. The zero-order valence-electron chi connectivity index (χ0n) is 7.73. The number of alkyl halides is 2. The van der Waals surface area contributed by atoms with Gasteiger partial charge in [0, 0.05) is 9.65 Å². The number of carbonyl (C=O) groups excluding carboxylic acids is 1. The van der Waals surface area contributed by atoms with E-state index in [0.29, 0.717) is 9.65 Å². The molecule has 1 amide bonds. The van der Waals surface area contributed by atoms with Gasteiger partial charge in [0.2, 0.25) is 5.91 Å². The maximum Gasteiger partial charge on any atom is 0.228 e. The van der Waals surface area contributed by atoms with Crippen LogP contribution >= 0.6 is 31.9 Å². The number of hydrogen-bond donors (Lipinski definition) is 1. The Morgan fingerprint density at radius 3 is 2.38 bits per heavy atom. The van der Waals surface area contributed by atoms with Crippen LogP contribution in [0.4, 0.5) is 0 Å². The van der Waals surface area contributed by atoms with Crippen molar-refractivity contribution in [1.82, 2.24) is 5.32 Å². The van der Waals surface area contributed by atoms with E-state index >= 15 is 0 Å². The molecule has 1 saturated carbocycles. The Bertz CT molecular complexity index is 270. The minimum absolute atomic E-state index is 0.00250. The van der Waals surface area contributed by atoms with Gasteiger partial charge in [0.15, 0.2) is 0 Å². The van der Waals surface area contributed by atoms with Gasteiger partial charge < -0.3 is 5.32 Å². The highest BCUT2D eigenvalue weighted by Gasteiger charge is 2.63. The summed E-state index contributed by atoms with van der Waals surface area (Å²) in [4.78, 5) is 12.4. The summed E-state index contributed by atoms with van der Waals surface area (Å²) in [5.41, 5.74) is -0.159. The molecular formula is C9H13Br2NO. The normalized spacial score (nSPS) is 54.9. The van der Waals surface area contributed by atoms with Crippen LogP contribution in [-0.4, -0.2) is 21.1 Å². The van der Waals surface area contributed by atoms with Crippen molar-refractivity contribution < 1.29 is 4.79 Å².